The van der Waals surface area contributed by atoms with Gasteiger partial charge in [-0.2, -0.15) is 9.40 Å². The van der Waals surface area contributed by atoms with Crippen LogP contribution in [0.5, 0.6) is 0 Å². The summed E-state index contributed by atoms with van der Waals surface area (Å²) in [5, 5.41) is 6.13. The SMILES string of the molecule is CC(=O)C1CCCN(S(=O)(=O)c2cn[nH]c2)C1. The molecule has 0 saturated carbocycles. The third-order valence-corrected chi connectivity index (χ3v) is 4.90. The number of Topliss-reactive ketones (excluding diaryl/α,β-unsaturated/α-hetero) is 1. The summed E-state index contributed by atoms with van der Waals surface area (Å²) in [5.74, 6) is -0.123. The van der Waals surface area contributed by atoms with E-state index in [-0.39, 0.29) is 23.1 Å². The summed E-state index contributed by atoms with van der Waals surface area (Å²) in [4.78, 5) is 11.5. The Morgan fingerprint density at radius 1 is 1.59 bits per heavy atom. The molecule has 0 bridgehead atoms. The fourth-order valence-electron chi connectivity index (χ4n) is 2.02. The first-order chi connectivity index (χ1) is 8.01. The molecule has 0 aliphatic carbocycles. The molecule has 2 heterocycles. The molecule has 7 heteroatoms. The fourth-order valence-corrected chi connectivity index (χ4v) is 3.45. The number of ketones is 1. The molecule has 0 amide bonds. The van der Waals surface area contributed by atoms with Crippen molar-refractivity contribution in [2.45, 2.75) is 24.7 Å². The highest BCUT2D eigenvalue weighted by molar-refractivity contribution is 7.89. The zero-order valence-corrected chi connectivity index (χ0v) is 10.4. The number of aromatic amines is 1. The average molecular weight is 257 g/mol. The molecule has 1 atom stereocenters. The number of carbonyl (C=O) groups is 1. The van der Waals surface area contributed by atoms with Crippen LogP contribution in [-0.4, -0.2) is 41.8 Å². The molecule has 1 unspecified atom stereocenters. The van der Waals surface area contributed by atoms with Crippen LogP contribution in [-0.2, 0) is 14.8 Å². The van der Waals surface area contributed by atoms with E-state index in [0.29, 0.717) is 6.54 Å². The second-order valence-electron chi connectivity index (χ2n) is 4.25. The summed E-state index contributed by atoms with van der Waals surface area (Å²) in [5.41, 5.74) is 0. The van der Waals surface area contributed by atoms with Gasteiger partial charge in [-0.25, -0.2) is 8.42 Å². The number of nitrogens with zero attached hydrogens (tertiary/aromatic N) is 2. The number of sulfonamides is 1. The van der Waals surface area contributed by atoms with E-state index in [0.717, 1.165) is 12.8 Å². The van der Waals surface area contributed by atoms with Crippen LogP contribution >= 0.6 is 0 Å². The Kier molecular flexibility index (Phi) is 3.30. The minimum absolute atomic E-state index is 0.0529. The number of piperidine rings is 1. The van der Waals surface area contributed by atoms with Gasteiger partial charge in [0.2, 0.25) is 10.0 Å². The third-order valence-electron chi connectivity index (χ3n) is 3.07. The summed E-state index contributed by atoms with van der Waals surface area (Å²) in [6, 6.07) is 0. The Morgan fingerprint density at radius 2 is 2.35 bits per heavy atom. The molecule has 17 heavy (non-hydrogen) atoms. The van der Waals surface area contributed by atoms with Gasteiger partial charge in [0.1, 0.15) is 10.7 Å². The highest BCUT2D eigenvalue weighted by Crippen LogP contribution is 2.23. The summed E-state index contributed by atoms with van der Waals surface area (Å²) in [6.07, 6.45) is 4.13. The summed E-state index contributed by atoms with van der Waals surface area (Å²) >= 11 is 0. The van der Waals surface area contributed by atoms with Gasteiger partial charge in [0, 0.05) is 25.2 Å². The van der Waals surface area contributed by atoms with Crippen LogP contribution < -0.4 is 0 Å². The molecule has 2 rings (SSSR count). The van der Waals surface area contributed by atoms with Crippen LogP contribution in [0.2, 0.25) is 0 Å². The van der Waals surface area contributed by atoms with Crippen molar-refractivity contribution >= 4 is 15.8 Å². The highest BCUT2D eigenvalue weighted by atomic mass is 32.2. The van der Waals surface area contributed by atoms with E-state index >= 15 is 0 Å². The molecular formula is C10H15N3O3S. The van der Waals surface area contributed by atoms with E-state index in [2.05, 4.69) is 10.2 Å². The molecule has 94 valence electrons. The van der Waals surface area contributed by atoms with Gasteiger partial charge in [0.15, 0.2) is 0 Å². The number of hydrogen-bond acceptors (Lipinski definition) is 4. The Hall–Kier alpha value is -1.21. The average Bonchev–Trinajstić information content (AvgIpc) is 2.83. The van der Waals surface area contributed by atoms with Gasteiger partial charge in [-0.1, -0.05) is 0 Å². The zero-order valence-electron chi connectivity index (χ0n) is 9.59. The molecule has 0 spiro atoms. The third kappa shape index (κ3) is 2.39. The number of nitrogens with one attached hydrogen (secondary N) is 1. The molecule has 0 aromatic carbocycles. The molecule has 6 nitrogen and oxygen atoms in total. The lowest BCUT2D eigenvalue weighted by atomic mass is 9.96. The van der Waals surface area contributed by atoms with Gasteiger partial charge < -0.3 is 0 Å². The predicted octanol–water partition coefficient (Wildman–Crippen LogP) is 0.399. The van der Waals surface area contributed by atoms with E-state index in [1.54, 1.807) is 0 Å². The first-order valence-corrected chi connectivity index (χ1v) is 6.95. The molecule has 1 saturated heterocycles. The predicted molar refractivity (Wildman–Crippen MR) is 60.8 cm³/mol. The van der Waals surface area contributed by atoms with Crippen LogP contribution in [0.25, 0.3) is 0 Å². The lowest BCUT2D eigenvalue weighted by molar-refractivity contribution is -0.121. The van der Waals surface area contributed by atoms with E-state index < -0.39 is 10.0 Å². The van der Waals surface area contributed by atoms with Crippen molar-refractivity contribution in [3.63, 3.8) is 0 Å². The van der Waals surface area contributed by atoms with Gasteiger partial charge in [0.05, 0.1) is 6.20 Å². The molecule has 1 N–H and O–H groups in total. The number of aromatic nitrogens is 2. The zero-order chi connectivity index (χ0) is 12.5. The van der Waals surface area contributed by atoms with Gasteiger partial charge >= 0.3 is 0 Å². The second-order valence-corrected chi connectivity index (χ2v) is 6.18. The molecule has 1 aromatic rings. The van der Waals surface area contributed by atoms with Gasteiger partial charge in [-0.15, -0.1) is 0 Å². The van der Waals surface area contributed by atoms with Gasteiger partial charge in [-0.05, 0) is 19.8 Å². The molecule has 1 fully saturated rings. The first kappa shape index (κ1) is 12.3. The molecule has 0 radical (unpaired) electrons. The van der Waals surface area contributed by atoms with Crippen molar-refractivity contribution in [2.24, 2.45) is 5.92 Å². The first-order valence-electron chi connectivity index (χ1n) is 5.51. The standard InChI is InChI=1S/C10H15N3O3S/c1-8(14)9-3-2-4-13(7-9)17(15,16)10-5-11-12-6-10/h5-6,9H,2-4,7H2,1H3,(H,11,12). The minimum atomic E-state index is -3.50. The summed E-state index contributed by atoms with van der Waals surface area (Å²) in [7, 11) is -3.50. The van der Waals surface area contributed by atoms with Crippen LogP contribution in [0.3, 0.4) is 0 Å². The normalized spacial score (nSPS) is 22.5. The summed E-state index contributed by atoms with van der Waals surface area (Å²) in [6.45, 7) is 2.26. The lowest BCUT2D eigenvalue weighted by Gasteiger charge is -2.30. The maximum atomic E-state index is 12.2. The van der Waals surface area contributed by atoms with Crippen molar-refractivity contribution in [1.29, 1.82) is 0 Å². The van der Waals surface area contributed by atoms with E-state index in [9.17, 15) is 13.2 Å². The van der Waals surface area contributed by atoms with E-state index in [4.69, 9.17) is 0 Å². The van der Waals surface area contributed by atoms with E-state index in [1.807, 2.05) is 0 Å². The number of H-pyrrole nitrogens is 1. The largest absolute Gasteiger partial charge is 0.300 e. The Labute approximate surface area is 100 Å². The Balaban J connectivity index is 2.20. The highest BCUT2D eigenvalue weighted by Gasteiger charge is 2.32. The quantitative estimate of drug-likeness (QED) is 0.849. The summed E-state index contributed by atoms with van der Waals surface area (Å²) < 4.78 is 25.7. The smallest absolute Gasteiger partial charge is 0.246 e. The number of hydrogen-bond donors (Lipinski definition) is 1. The maximum Gasteiger partial charge on any atom is 0.246 e. The van der Waals surface area contributed by atoms with Crippen LogP contribution in [0, 0.1) is 5.92 Å². The molecule has 1 aliphatic heterocycles. The van der Waals surface area contributed by atoms with Crippen molar-refractivity contribution < 1.29 is 13.2 Å². The van der Waals surface area contributed by atoms with E-state index in [1.165, 1.54) is 23.6 Å². The molecule has 1 aromatic heterocycles. The lowest BCUT2D eigenvalue weighted by Crippen LogP contribution is -2.41. The molecular weight excluding hydrogens is 242 g/mol. The second kappa shape index (κ2) is 4.58. The maximum absolute atomic E-state index is 12.2. The van der Waals surface area contributed by atoms with Crippen LogP contribution in [0.4, 0.5) is 0 Å². The van der Waals surface area contributed by atoms with Crippen LogP contribution in [0.1, 0.15) is 19.8 Å². The Bertz CT molecular complexity index is 495. The van der Waals surface area contributed by atoms with Crippen molar-refractivity contribution in [1.82, 2.24) is 14.5 Å². The molecule has 1 aliphatic rings. The number of rotatable bonds is 3. The van der Waals surface area contributed by atoms with Gasteiger partial charge in [0.25, 0.3) is 0 Å². The topological polar surface area (TPSA) is 83.1 Å². The van der Waals surface area contributed by atoms with Crippen LogP contribution in [0.15, 0.2) is 17.3 Å². The van der Waals surface area contributed by atoms with Gasteiger partial charge in [-0.3, -0.25) is 9.89 Å². The number of carbonyl (C=O) groups excluding carboxylic acids is 1. The van der Waals surface area contributed by atoms with Crippen molar-refractivity contribution in [3.05, 3.63) is 12.4 Å². The monoisotopic (exact) mass is 257 g/mol. The minimum Gasteiger partial charge on any atom is -0.300 e. The van der Waals surface area contributed by atoms with Crippen molar-refractivity contribution in [3.8, 4) is 0 Å². The fraction of sp³-hybridized carbons (Fsp3) is 0.600. The van der Waals surface area contributed by atoms with Crippen molar-refractivity contribution in [2.75, 3.05) is 13.1 Å². The Morgan fingerprint density at radius 3 is 2.94 bits per heavy atom.